The first-order valence-electron chi connectivity index (χ1n) is 7.86. The summed E-state index contributed by atoms with van der Waals surface area (Å²) in [6.45, 7) is 4.06. The average molecular weight is 255 g/mol. The molecule has 1 aliphatic carbocycles. The number of benzene rings is 1. The van der Waals surface area contributed by atoms with Crippen molar-refractivity contribution in [3.05, 3.63) is 42.0 Å². The minimum Gasteiger partial charge on any atom is -0.303 e. The summed E-state index contributed by atoms with van der Waals surface area (Å²) >= 11 is 0. The number of hydrogen-bond donors (Lipinski definition) is 0. The highest BCUT2D eigenvalue weighted by molar-refractivity contribution is 5.48. The van der Waals surface area contributed by atoms with Crippen LogP contribution in [0.15, 0.2) is 36.4 Å². The van der Waals surface area contributed by atoms with Crippen molar-refractivity contribution < 1.29 is 0 Å². The van der Waals surface area contributed by atoms with Crippen LogP contribution in [0, 0.1) is 11.8 Å². The molecule has 1 nitrogen and oxygen atoms in total. The molecule has 1 heterocycles. The van der Waals surface area contributed by atoms with Crippen molar-refractivity contribution in [1.82, 2.24) is 4.90 Å². The Kier molecular flexibility index (Phi) is 4.34. The molecule has 0 bridgehead atoms. The molecule has 2 unspecified atom stereocenters. The van der Waals surface area contributed by atoms with Gasteiger partial charge >= 0.3 is 0 Å². The van der Waals surface area contributed by atoms with Crippen molar-refractivity contribution in [3.63, 3.8) is 0 Å². The molecule has 1 aromatic carbocycles. The van der Waals surface area contributed by atoms with Gasteiger partial charge < -0.3 is 4.90 Å². The van der Waals surface area contributed by atoms with Crippen molar-refractivity contribution in [2.75, 3.05) is 19.6 Å². The zero-order chi connectivity index (χ0) is 12.9. The first kappa shape index (κ1) is 12.9. The van der Waals surface area contributed by atoms with E-state index in [1.165, 1.54) is 57.3 Å². The first-order chi connectivity index (χ1) is 9.42. The summed E-state index contributed by atoms with van der Waals surface area (Å²) in [4.78, 5) is 2.65. The van der Waals surface area contributed by atoms with Gasteiger partial charge in [0.2, 0.25) is 0 Å². The van der Waals surface area contributed by atoms with Gasteiger partial charge in [0.15, 0.2) is 0 Å². The second-order valence-electron chi connectivity index (χ2n) is 6.14. The van der Waals surface area contributed by atoms with E-state index in [0.29, 0.717) is 0 Å². The highest BCUT2D eigenvalue weighted by Gasteiger charge is 2.35. The fourth-order valence-corrected chi connectivity index (χ4v) is 3.25. The Hall–Kier alpha value is -1.08. The molecule has 1 heteroatoms. The quantitative estimate of drug-likeness (QED) is 0.736. The Morgan fingerprint density at radius 3 is 2.63 bits per heavy atom. The zero-order valence-electron chi connectivity index (χ0n) is 11.8. The Balaban J connectivity index is 1.33. The molecule has 0 N–H and O–H groups in total. The number of nitrogens with zero attached hydrogens (tertiary/aromatic N) is 1. The second-order valence-corrected chi connectivity index (χ2v) is 6.14. The van der Waals surface area contributed by atoms with Crippen LogP contribution in [0.25, 0.3) is 6.08 Å². The fraction of sp³-hybridized carbons (Fsp3) is 0.556. The molecule has 0 radical (unpaired) electrons. The maximum atomic E-state index is 2.65. The third kappa shape index (κ3) is 3.94. The number of likely N-dealkylation sites (tertiary alicyclic amines) is 1. The van der Waals surface area contributed by atoms with Crippen molar-refractivity contribution in [2.24, 2.45) is 11.8 Å². The van der Waals surface area contributed by atoms with E-state index in [1.54, 1.807) is 0 Å². The van der Waals surface area contributed by atoms with Gasteiger partial charge in [-0.25, -0.2) is 0 Å². The molecule has 0 amide bonds. The Bertz CT molecular complexity index is 403. The maximum absolute atomic E-state index is 2.65. The smallest absolute Gasteiger partial charge is 0.00160 e. The lowest BCUT2D eigenvalue weighted by Gasteiger charge is -2.13. The molecular weight excluding hydrogens is 230 g/mol. The standard InChI is InChI=1S/C18H25N/c1-2-7-16(8-3-1)9-6-10-17-15-18(17)11-14-19-12-4-5-13-19/h1-3,6-9,17-18H,4-5,10-15H2/b9-6+. The topological polar surface area (TPSA) is 3.24 Å². The molecule has 2 aliphatic rings. The molecule has 1 saturated heterocycles. The van der Waals surface area contributed by atoms with E-state index in [9.17, 15) is 0 Å². The largest absolute Gasteiger partial charge is 0.303 e. The third-order valence-electron chi connectivity index (χ3n) is 4.63. The summed E-state index contributed by atoms with van der Waals surface area (Å²) in [5.74, 6) is 1.99. The number of allylic oxidation sites excluding steroid dienone is 1. The van der Waals surface area contributed by atoms with E-state index in [-0.39, 0.29) is 0 Å². The van der Waals surface area contributed by atoms with Crippen LogP contribution in [0.5, 0.6) is 0 Å². The number of rotatable bonds is 6. The minimum atomic E-state index is 0.975. The third-order valence-corrected chi connectivity index (χ3v) is 4.63. The number of hydrogen-bond acceptors (Lipinski definition) is 1. The second kappa shape index (κ2) is 6.38. The van der Waals surface area contributed by atoms with Gasteiger partial charge in [-0.05, 0) is 69.1 Å². The van der Waals surface area contributed by atoms with Gasteiger partial charge in [-0.3, -0.25) is 0 Å². The molecule has 3 rings (SSSR count). The van der Waals surface area contributed by atoms with Crippen molar-refractivity contribution in [2.45, 2.75) is 32.1 Å². The summed E-state index contributed by atoms with van der Waals surface area (Å²) in [6.07, 6.45) is 11.7. The summed E-state index contributed by atoms with van der Waals surface area (Å²) in [6, 6.07) is 10.6. The average Bonchev–Trinajstić information content (AvgIpc) is 2.99. The lowest BCUT2D eigenvalue weighted by Crippen LogP contribution is -2.20. The molecule has 0 aromatic heterocycles. The Labute approximate surface area is 117 Å². The van der Waals surface area contributed by atoms with E-state index in [2.05, 4.69) is 47.4 Å². The van der Waals surface area contributed by atoms with E-state index < -0.39 is 0 Å². The minimum absolute atomic E-state index is 0.975. The molecule has 102 valence electrons. The lowest BCUT2D eigenvalue weighted by molar-refractivity contribution is 0.323. The van der Waals surface area contributed by atoms with Gasteiger partial charge in [-0.2, -0.15) is 0 Å². The molecule has 2 atom stereocenters. The van der Waals surface area contributed by atoms with E-state index in [4.69, 9.17) is 0 Å². The van der Waals surface area contributed by atoms with Crippen molar-refractivity contribution in [1.29, 1.82) is 0 Å². The van der Waals surface area contributed by atoms with Crippen molar-refractivity contribution >= 4 is 6.08 Å². The monoisotopic (exact) mass is 255 g/mol. The van der Waals surface area contributed by atoms with E-state index >= 15 is 0 Å². The summed E-state index contributed by atoms with van der Waals surface area (Å²) < 4.78 is 0. The summed E-state index contributed by atoms with van der Waals surface area (Å²) in [5, 5.41) is 0. The first-order valence-corrected chi connectivity index (χ1v) is 7.86. The molecule has 1 aliphatic heterocycles. The zero-order valence-corrected chi connectivity index (χ0v) is 11.8. The van der Waals surface area contributed by atoms with E-state index in [1.807, 2.05) is 0 Å². The fourth-order valence-electron chi connectivity index (χ4n) is 3.25. The molecule has 2 fully saturated rings. The van der Waals surface area contributed by atoms with Gasteiger partial charge in [0.25, 0.3) is 0 Å². The predicted octanol–water partition coefficient (Wildman–Crippen LogP) is 4.21. The molecule has 0 spiro atoms. The lowest BCUT2D eigenvalue weighted by atomic mass is 10.1. The van der Waals surface area contributed by atoms with Crippen LogP contribution < -0.4 is 0 Å². The van der Waals surface area contributed by atoms with Gasteiger partial charge in [-0.15, -0.1) is 0 Å². The summed E-state index contributed by atoms with van der Waals surface area (Å²) in [5.41, 5.74) is 1.33. The highest BCUT2D eigenvalue weighted by atomic mass is 15.1. The Morgan fingerprint density at radius 2 is 1.84 bits per heavy atom. The van der Waals surface area contributed by atoms with Crippen LogP contribution in [-0.2, 0) is 0 Å². The molecule has 19 heavy (non-hydrogen) atoms. The van der Waals surface area contributed by atoms with Crippen LogP contribution in [0.3, 0.4) is 0 Å². The van der Waals surface area contributed by atoms with Crippen LogP contribution in [0.2, 0.25) is 0 Å². The van der Waals surface area contributed by atoms with Gasteiger partial charge in [-0.1, -0.05) is 42.5 Å². The van der Waals surface area contributed by atoms with Gasteiger partial charge in [0.05, 0.1) is 0 Å². The maximum Gasteiger partial charge on any atom is -0.00160 e. The Morgan fingerprint density at radius 1 is 1.05 bits per heavy atom. The predicted molar refractivity (Wildman–Crippen MR) is 82.0 cm³/mol. The normalized spacial score (nSPS) is 27.2. The SMILES string of the molecule is C(=C\c1ccccc1)/CC1CC1CCN1CCCC1. The highest BCUT2D eigenvalue weighted by Crippen LogP contribution is 2.44. The molecule has 1 aromatic rings. The van der Waals surface area contributed by atoms with Crippen LogP contribution >= 0.6 is 0 Å². The van der Waals surface area contributed by atoms with E-state index in [0.717, 1.165) is 11.8 Å². The van der Waals surface area contributed by atoms with Crippen LogP contribution in [0.4, 0.5) is 0 Å². The molecular formula is C18H25N. The summed E-state index contributed by atoms with van der Waals surface area (Å²) in [7, 11) is 0. The van der Waals surface area contributed by atoms with Gasteiger partial charge in [0, 0.05) is 0 Å². The van der Waals surface area contributed by atoms with Gasteiger partial charge in [0.1, 0.15) is 0 Å². The molecule has 1 saturated carbocycles. The van der Waals surface area contributed by atoms with Crippen LogP contribution in [-0.4, -0.2) is 24.5 Å². The van der Waals surface area contributed by atoms with Crippen LogP contribution in [0.1, 0.15) is 37.7 Å². The van der Waals surface area contributed by atoms with Crippen molar-refractivity contribution in [3.8, 4) is 0 Å².